The third-order valence-electron chi connectivity index (χ3n) is 3.30. The lowest BCUT2D eigenvalue weighted by atomic mass is 10.3. The number of carbonyl (C=O) groups is 1. The number of ether oxygens (including phenoxy) is 1. The van der Waals surface area contributed by atoms with Gasteiger partial charge in [-0.1, -0.05) is 6.07 Å². The van der Waals surface area contributed by atoms with Gasteiger partial charge in [-0.3, -0.25) is 15.0 Å². The first-order valence-electron chi connectivity index (χ1n) is 7.37. The van der Waals surface area contributed by atoms with Crippen LogP contribution in [0.5, 0.6) is 5.75 Å². The number of methoxy groups -OCH3 is 1. The summed E-state index contributed by atoms with van der Waals surface area (Å²) in [6, 6.07) is 12.4. The molecule has 7 nitrogen and oxygen atoms in total. The predicted octanol–water partition coefficient (Wildman–Crippen LogP) is 2.98. The van der Waals surface area contributed by atoms with Crippen molar-refractivity contribution in [2.45, 2.75) is 6.54 Å². The topological polar surface area (TPSA) is 81.1 Å². The Labute approximate surface area is 139 Å². The molecule has 0 saturated carbocycles. The number of aromatic nitrogens is 3. The fourth-order valence-corrected chi connectivity index (χ4v) is 2.17. The molecule has 3 aromatic rings. The van der Waals surface area contributed by atoms with Gasteiger partial charge in [-0.15, -0.1) is 0 Å². The van der Waals surface area contributed by atoms with E-state index >= 15 is 0 Å². The highest BCUT2D eigenvalue weighted by molar-refractivity contribution is 5.99. The molecule has 2 heterocycles. The maximum absolute atomic E-state index is 12.0. The van der Waals surface area contributed by atoms with E-state index in [-0.39, 0.29) is 6.03 Å². The van der Waals surface area contributed by atoms with Gasteiger partial charge >= 0.3 is 6.03 Å². The van der Waals surface area contributed by atoms with E-state index in [2.05, 4.69) is 20.7 Å². The van der Waals surface area contributed by atoms with Gasteiger partial charge in [0, 0.05) is 36.4 Å². The van der Waals surface area contributed by atoms with Crippen molar-refractivity contribution in [3.63, 3.8) is 0 Å². The molecule has 24 heavy (non-hydrogen) atoms. The van der Waals surface area contributed by atoms with Gasteiger partial charge < -0.3 is 10.1 Å². The number of pyridine rings is 1. The molecular weight excluding hydrogens is 306 g/mol. The van der Waals surface area contributed by atoms with E-state index in [4.69, 9.17) is 4.74 Å². The zero-order valence-corrected chi connectivity index (χ0v) is 13.1. The number of benzene rings is 1. The van der Waals surface area contributed by atoms with Crippen LogP contribution in [0, 0.1) is 0 Å². The Morgan fingerprint density at radius 3 is 2.79 bits per heavy atom. The van der Waals surface area contributed by atoms with Crippen LogP contribution in [-0.2, 0) is 6.54 Å². The van der Waals surface area contributed by atoms with Crippen LogP contribution in [-0.4, -0.2) is 27.9 Å². The number of hydrogen-bond acceptors (Lipinski definition) is 4. The minimum Gasteiger partial charge on any atom is -0.497 e. The second kappa shape index (κ2) is 7.28. The largest absolute Gasteiger partial charge is 0.497 e. The molecule has 0 spiro atoms. The van der Waals surface area contributed by atoms with Crippen molar-refractivity contribution in [2.24, 2.45) is 0 Å². The quantitative estimate of drug-likeness (QED) is 0.756. The van der Waals surface area contributed by atoms with Crippen LogP contribution in [0.3, 0.4) is 0 Å². The Hall–Kier alpha value is -3.35. The number of rotatable bonds is 5. The first-order chi connectivity index (χ1) is 11.7. The van der Waals surface area contributed by atoms with E-state index in [9.17, 15) is 4.79 Å². The van der Waals surface area contributed by atoms with Crippen molar-refractivity contribution in [1.29, 1.82) is 0 Å². The molecule has 1 aromatic carbocycles. The number of amides is 2. The van der Waals surface area contributed by atoms with Crippen LogP contribution in [0.25, 0.3) is 0 Å². The maximum Gasteiger partial charge on any atom is 0.324 e. The Bertz CT molecular complexity index is 817. The Balaban J connectivity index is 1.58. The summed E-state index contributed by atoms with van der Waals surface area (Å²) in [6.45, 7) is 0.613. The second-order valence-corrected chi connectivity index (χ2v) is 5.07. The van der Waals surface area contributed by atoms with Crippen LogP contribution < -0.4 is 15.4 Å². The molecule has 122 valence electrons. The number of nitrogens with one attached hydrogen (secondary N) is 2. The fraction of sp³-hybridized carbons (Fsp3) is 0.118. The number of carbonyl (C=O) groups excluding carboxylic acids is 1. The lowest BCUT2D eigenvalue weighted by Gasteiger charge is -2.07. The highest BCUT2D eigenvalue weighted by atomic mass is 16.5. The summed E-state index contributed by atoms with van der Waals surface area (Å²) in [4.78, 5) is 16.0. The Morgan fingerprint density at radius 2 is 2.00 bits per heavy atom. The molecule has 0 aliphatic heterocycles. The summed E-state index contributed by atoms with van der Waals surface area (Å²) in [6.07, 6.45) is 5.28. The molecule has 0 saturated heterocycles. The molecule has 0 atom stereocenters. The molecule has 0 aliphatic carbocycles. The summed E-state index contributed by atoms with van der Waals surface area (Å²) < 4.78 is 6.87. The molecule has 0 radical (unpaired) electrons. The molecule has 7 heteroatoms. The lowest BCUT2D eigenvalue weighted by molar-refractivity contribution is 0.262. The van der Waals surface area contributed by atoms with Crippen LogP contribution in [0.2, 0.25) is 0 Å². The molecule has 0 bridgehead atoms. The molecular formula is C17H17N5O2. The first-order valence-corrected chi connectivity index (χ1v) is 7.37. The van der Waals surface area contributed by atoms with E-state index in [0.29, 0.717) is 23.8 Å². The minimum atomic E-state index is -0.364. The van der Waals surface area contributed by atoms with E-state index in [1.54, 1.807) is 48.5 Å². The standard InChI is InChI=1S/C17H17N5O2/c1-24-15-4-2-3-14(11-15)19-17(23)20-16-7-10-22(21-16)12-13-5-8-18-9-6-13/h2-11H,12H2,1H3,(H2,19,20,21,23). The van der Waals surface area contributed by atoms with Crippen molar-refractivity contribution in [2.75, 3.05) is 17.7 Å². The summed E-state index contributed by atoms with van der Waals surface area (Å²) in [5, 5.41) is 9.76. The normalized spacial score (nSPS) is 10.2. The SMILES string of the molecule is COc1cccc(NC(=O)Nc2ccn(Cc3ccncc3)n2)c1. The van der Waals surface area contributed by atoms with Crippen LogP contribution in [0.4, 0.5) is 16.3 Å². The van der Waals surface area contributed by atoms with Crippen molar-refractivity contribution in [1.82, 2.24) is 14.8 Å². The van der Waals surface area contributed by atoms with Gasteiger partial charge in [0.1, 0.15) is 5.75 Å². The third-order valence-corrected chi connectivity index (χ3v) is 3.30. The van der Waals surface area contributed by atoms with Crippen LogP contribution in [0.1, 0.15) is 5.56 Å². The molecule has 0 unspecified atom stereocenters. The van der Waals surface area contributed by atoms with Gasteiger partial charge in [-0.25, -0.2) is 4.79 Å². The molecule has 0 aliphatic rings. The van der Waals surface area contributed by atoms with Gasteiger partial charge in [0.25, 0.3) is 0 Å². The second-order valence-electron chi connectivity index (χ2n) is 5.07. The number of hydrogen-bond donors (Lipinski definition) is 2. The predicted molar refractivity (Wildman–Crippen MR) is 91.2 cm³/mol. The molecule has 2 aromatic heterocycles. The van der Waals surface area contributed by atoms with Gasteiger partial charge in [0.2, 0.25) is 0 Å². The molecule has 2 amide bonds. The van der Waals surface area contributed by atoms with Crippen LogP contribution in [0.15, 0.2) is 61.1 Å². The highest BCUT2D eigenvalue weighted by Crippen LogP contribution is 2.17. The van der Waals surface area contributed by atoms with E-state index in [1.165, 1.54) is 0 Å². The van der Waals surface area contributed by atoms with E-state index < -0.39 is 0 Å². The zero-order valence-electron chi connectivity index (χ0n) is 13.1. The van der Waals surface area contributed by atoms with Crippen LogP contribution >= 0.6 is 0 Å². The summed E-state index contributed by atoms with van der Waals surface area (Å²) in [7, 11) is 1.58. The summed E-state index contributed by atoms with van der Waals surface area (Å²) in [5.74, 6) is 1.15. The third kappa shape index (κ3) is 4.10. The average molecular weight is 323 g/mol. The van der Waals surface area contributed by atoms with Gasteiger partial charge in [0.05, 0.1) is 13.7 Å². The molecule has 2 N–H and O–H groups in total. The van der Waals surface area contributed by atoms with Gasteiger partial charge in [0.15, 0.2) is 5.82 Å². The van der Waals surface area contributed by atoms with E-state index in [0.717, 1.165) is 5.56 Å². The first kappa shape index (κ1) is 15.5. The lowest BCUT2D eigenvalue weighted by Crippen LogP contribution is -2.19. The summed E-state index contributed by atoms with van der Waals surface area (Å²) in [5.41, 5.74) is 1.73. The Morgan fingerprint density at radius 1 is 1.17 bits per heavy atom. The smallest absolute Gasteiger partial charge is 0.324 e. The van der Waals surface area contributed by atoms with Crippen molar-refractivity contribution in [3.05, 3.63) is 66.6 Å². The minimum absolute atomic E-state index is 0.364. The highest BCUT2D eigenvalue weighted by Gasteiger charge is 2.06. The van der Waals surface area contributed by atoms with E-state index in [1.807, 2.05) is 24.4 Å². The maximum atomic E-state index is 12.0. The van der Waals surface area contributed by atoms with Crippen molar-refractivity contribution >= 4 is 17.5 Å². The molecule has 3 rings (SSSR count). The Kier molecular flexibility index (Phi) is 4.71. The zero-order chi connectivity index (χ0) is 16.8. The van der Waals surface area contributed by atoms with Gasteiger partial charge in [-0.2, -0.15) is 5.10 Å². The number of nitrogens with zero attached hydrogens (tertiary/aromatic N) is 3. The fourth-order valence-electron chi connectivity index (χ4n) is 2.17. The van der Waals surface area contributed by atoms with Crippen molar-refractivity contribution in [3.8, 4) is 5.75 Å². The average Bonchev–Trinajstić information content (AvgIpc) is 3.02. The van der Waals surface area contributed by atoms with Crippen molar-refractivity contribution < 1.29 is 9.53 Å². The number of anilines is 2. The summed E-state index contributed by atoms with van der Waals surface area (Å²) >= 11 is 0. The molecule has 0 fully saturated rings. The monoisotopic (exact) mass is 323 g/mol. The van der Waals surface area contributed by atoms with Gasteiger partial charge in [-0.05, 0) is 29.8 Å². The number of urea groups is 1.